The molecule has 0 fully saturated rings. The standard InChI is InChI=1S/C14H22N2O/c1-3-17-10-11(2)16-8-7-12-5-4-6-14(15)13(12)9-16/h4-6,11H,3,7-10,15H2,1-2H3. The second-order valence-electron chi connectivity index (χ2n) is 4.71. The van der Waals surface area contributed by atoms with Crippen LogP contribution in [0.1, 0.15) is 25.0 Å². The number of nitrogens with two attached hydrogens (primary N) is 1. The van der Waals surface area contributed by atoms with Crippen LogP contribution in [0, 0.1) is 0 Å². The van der Waals surface area contributed by atoms with Crippen LogP contribution in [0.15, 0.2) is 18.2 Å². The second-order valence-corrected chi connectivity index (χ2v) is 4.71. The number of benzene rings is 1. The number of ether oxygens (including phenoxy) is 1. The Morgan fingerprint density at radius 1 is 1.47 bits per heavy atom. The Balaban J connectivity index is 2.05. The minimum atomic E-state index is 0.461. The Kier molecular flexibility index (Phi) is 4.02. The van der Waals surface area contributed by atoms with E-state index in [2.05, 4.69) is 17.9 Å². The Morgan fingerprint density at radius 3 is 3.06 bits per heavy atom. The topological polar surface area (TPSA) is 38.5 Å². The average Bonchev–Trinajstić information content (AvgIpc) is 2.36. The molecule has 0 aliphatic carbocycles. The van der Waals surface area contributed by atoms with E-state index in [1.165, 1.54) is 11.1 Å². The lowest BCUT2D eigenvalue weighted by Gasteiger charge is -2.34. The molecule has 1 atom stereocenters. The van der Waals surface area contributed by atoms with Crippen LogP contribution in [0.4, 0.5) is 5.69 Å². The molecular weight excluding hydrogens is 212 g/mol. The van der Waals surface area contributed by atoms with Crippen molar-refractivity contribution in [2.75, 3.05) is 25.5 Å². The zero-order chi connectivity index (χ0) is 12.3. The van der Waals surface area contributed by atoms with Crippen LogP contribution in [-0.2, 0) is 17.7 Å². The van der Waals surface area contributed by atoms with Crippen molar-refractivity contribution in [1.82, 2.24) is 4.90 Å². The van der Waals surface area contributed by atoms with Crippen molar-refractivity contribution in [3.8, 4) is 0 Å². The number of anilines is 1. The fourth-order valence-electron chi connectivity index (χ4n) is 2.40. The van der Waals surface area contributed by atoms with Gasteiger partial charge < -0.3 is 10.5 Å². The van der Waals surface area contributed by atoms with Crippen LogP contribution in [-0.4, -0.2) is 30.7 Å². The van der Waals surface area contributed by atoms with Gasteiger partial charge in [-0.25, -0.2) is 0 Å². The van der Waals surface area contributed by atoms with Gasteiger partial charge in [-0.05, 0) is 37.5 Å². The van der Waals surface area contributed by atoms with Gasteiger partial charge in [-0.1, -0.05) is 12.1 Å². The summed E-state index contributed by atoms with van der Waals surface area (Å²) >= 11 is 0. The molecule has 1 aliphatic heterocycles. The van der Waals surface area contributed by atoms with Crippen LogP contribution in [0.2, 0.25) is 0 Å². The summed E-state index contributed by atoms with van der Waals surface area (Å²) in [6, 6.07) is 6.70. The van der Waals surface area contributed by atoms with Crippen LogP contribution in [0.25, 0.3) is 0 Å². The van der Waals surface area contributed by atoms with Crippen molar-refractivity contribution in [1.29, 1.82) is 0 Å². The van der Waals surface area contributed by atoms with Gasteiger partial charge in [0.1, 0.15) is 0 Å². The summed E-state index contributed by atoms with van der Waals surface area (Å²) in [5, 5.41) is 0. The Bertz CT molecular complexity index is 378. The third kappa shape index (κ3) is 2.79. The number of hydrogen-bond acceptors (Lipinski definition) is 3. The van der Waals surface area contributed by atoms with Gasteiger partial charge in [0.2, 0.25) is 0 Å². The van der Waals surface area contributed by atoms with Crippen LogP contribution >= 0.6 is 0 Å². The minimum absolute atomic E-state index is 0.461. The van der Waals surface area contributed by atoms with E-state index in [1.807, 2.05) is 19.1 Å². The maximum atomic E-state index is 6.05. The van der Waals surface area contributed by atoms with Crippen LogP contribution in [0.3, 0.4) is 0 Å². The normalized spacial score (nSPS) is 17.8. The van der Waals surface area contributed by atoms with Gasteiger partial charge in [0, 0.05) is 31.4 Å². The van der Waals surface area contributed by atoms with E-state index in [0.29, 0.717) is 6.04 Å². The van der Waals surface area contributed by atoms with E-state index >= 15 is 0 Å². The molecule has 0 bridgehead atoms. The first-order valence-electron chi connectivity index (χ1n) is 6.40. The molecule has 0 aromatic heterocycles. The highest BCUT2D eigenvalue weighted by molar-refractivity contribution is 5.51. The summed E-state index contributed by atoms with van der Waals surface area (Å²) in [5.74, 6) is 0. The molecule has 1 aromatic rings. The molecule has 3 nitrogen and oxygen atoms in total. The summed E-state index contributed by atoms with van der Waals surface area (Å²) in [5.41, 5.74) is 9.69. The number of fused-ring (bicyclic) bond motifs is 1. The zero-order valence-electron chi connectivity index (χ0n) is 10.8. The van der Waals surface area contributed by atoms with Gasteiger partial charge in [-0.2, -0.15) is 0 Å². The molecule has 0 amide bonds. The molecule has 94 valence electrons. The molecule has 0 spiro atoms. The zero-order valence-corrected chi connectivity index (χ0v) is 10.8. The minimum Gasteiger partial charge on any atom is -0.398 e. The lowest BCUT2D eigenvalue weighted by molar-refractivity contribution is 0.0671. The molecule has 1 aliphatic rings. The van der Waals surface area contributed by atoms with Crippen molar-refractivity contribution >= 4 is 5.69 Å². The summed E-state index contributed by atoms with van der Waals surface area (Å²) in [6.07, 6.45) is 1.09. The third-order valence-corrected chi connectivity index (χ3v) is 3.53. The van der Waals surface area contributed by atoms with Gasteiger partial charge in [0.15, 0.2) is 0 Å². The largest absolute Gasteiger partial charge is 0.398 e. The summed E-state index contributed by atoms with van der Waals surface area (Å²) in [6.45, 7) is 7.91. The molecule has 0 saturated heterocycles. The molecule has 1 aromatic carbocycles. The van der Waals surface area contributed by atoms with E-state index in [4.69, 9.17) is 10.5 Å². The van der Waals surface area contributed by atoms with Crippen LogP contribution in [0.5, 0.6) is 0 Å². The molecule has 1 unspecified atom stereocenters. The van der Waals surface area contributed by atoms with Gasteiger partial charge in [-0.15, -0.1) is 0 Å². The molecular formula is C14H22N2O. The van der Waals surface area contributed by atoms with Crippen molar-refractivity contribution in [2.24, 2.45) is 0 Å². The predicted molar refractivity (Wildman–Crippen MR) is 70.9 cm³/mol. The fraction of sp³-hybridized carbons (Fsp3) is 0.571. The molecule has 3 heteroatoms. The van der Waals surface area contributed by atoms with Gasteiger partial charge >= 0.3 is 0 Å². The van der Waals surface area contributed by atoms with Gasteiger partial charge in [0.25, 0.3) is 0 Å². The second kappa shape index (κ2) is 5.52. The molecule has 17 heavy (non-hydrogen) atoms. The van der Waals surface area contributed by atoms with E-state index in [9.17, 15) is 0 Å². The van der Waals surface area contributed by atoms with E-state index in [1.54, 1.807) is 0 Å². The van der Waals surface area contributed by atoms with E-state index in [-0.39, 0.29) is 0 Å². The Hall–Kier alpha value is -1.06. The SMILES string of the molecule is CCOCC(C)N1CCc2cccc(N)c2C1. The average molecular weight is 234 g/mol. The molecule has 0 radical (unpaired) electrons. The van der Waals surface area contributed by atoms with Crippen molar-refractivity contribution in [2.45, 2.75) is 32.9 Å². The summed E-state index contributed by atoms with van der Waals surface area (Å²) < 4.78 is 5.49. The van der Waals surface area contributed by atoms with E-state index in [0.717, 1.165) is 38.4 Å². The highest BCUT2D eigenvalue weighted by atomic mass is 16.5. The summed E-state index contributed by atoms with van der Waals surface area (Å²) in [7, 11) is 0. The Labute approximate surface area is 104 Å². The number of nitrogen functional groups attached to an aromatic ring is 1. The monoisotopic (exact) mass is 234 g/mol. The maximum absolute atomic E-state index is 6.05. The van der Waals surface area contributed by atoms with Crippen LogP contribution < -0.4 is 5.73 Å². The lowest BCUT2D eigenvalue weighted by Crippen LogP contribution is -2.40. The number of nitrogens with zero attached hydrogens (tertiary/aromatic N) is 1. The highest BCUT2D eigenvalue weighted by Crippen LogP contribution is 2.25. The van der Waals surface area contributed by atoms with Gasteiger partial charge in [-0.3, -0.25) is 4.90 Å². The van der Waals surface area contributed by atoms with Crippen molar-refractivity contribution < 1.29 is 4.74 Å². The first kappa shape index (κ1) is 12.4. The number of rotatable bonds is 4. The quantitative estimate of drug-likeness (QED) is 0.810. The lowest BCUT2D eigenvalue weighted by atomic mass is 9.97. The summed E-state index contributed by atoms with van der Waals surface area (Å²) in [4.78, 5) is 2.45. The molecule has 1 heterocycles. The van der Waals surface area contributed by atoms with Crippen molar-refractivity contribution in [3.63, 3.8) is 0 Å². The maximum Gasteiger partial charge on any atom is 0.0619 e. The highest BCUT2D eigenvalue weighted by Gasteiger charge is 2.21. The molecule has 2 rings (SSSR count). The smallest absolute Gasteiger partial charge is 0.0619 e. The third-order valence-electron chi connectivity index (χ3n) is 3.53. The van der Waals surface area contributed by atoms with Crippen molar-refractivity contribution in [3.05, 3.63) is 29.3 Å². The molecule has 0 saturated carbocycles. The van der Waals surface area contributed by atoms with Gasteiger partial charge in [0.05, 0.1) is 6.61 Å². The first-order chi connectivity index (χ1) is 8.22. The molecule has 2 N–H and O–H groups in total. The first-order valence-corrected chi connectivity index (χ1v) is 6.40. The fourth-order valence-corrected chi connectivity index (χ4v) is 2.40. The number of hydrogen-bond donors (Lipinski definition) is 1. The van der Waals surface area contributed by atoms with E-state index < -0.39 is 0 Å². The Morgan fingerprint density at radius 2 is 2.29 bits per heavy atom. The predicted octanol–water partition coefficient (Wildman–Crippen LogP) is 2.05.